The number of esters is 1. The van der Waals surface area contributed by atoms with Gasteiger partial charge in [-0.15, -0.1) is 11.3 Å². The van der Waals surface area contributed by atoms with E-state index >= 15 is 0 Å². The number of rotatable bonds is 5. The maximum atomic E-state index is 12.7. The van der Waals surface area contributed by atoms with Crippen LogP contribution in [0.15, 0.2) is 18.2 Å². The number of allylic oxidation sites excluding steroid dienone is 2. The number of fused-ring (bicyclic) bond motifs is 2. The highest BCUT2D eigenvalue weighted by Crippen LogP contribution is 2.48. The van der Waals surface area contributed by atoms with Crippen LogP contribution in [0, 0.1) is 30.6 Å². The van der Waals surface area contributed by atoms with Crippen LogP contribution in [0.3, 0.4) is 0 Å². The summed E-state index contributed by atoms with van der Waals surface area (Å²) < 4.78 is 5.01. The van der Waals surface area contributed by atoms with Crippen molar-refractivity contribution in [2.24, 2.45) is 23.7 Å². The van der Waals surface area contributed by atoms with Crippen molar-refractivity contribution < 1.29 is 24.2 Å². The highest BCUT2D eigenvalue weighted by atomic mass is 32.1. The minimum absolute atomic E-state index is 0.0526. The van der Waals surface area contributed by atoms with Gasteiger partial charge >= 0.3 is 11.9 Å². The number of amides is 1. The molecule has 0 spiro atoms. The second kappa shape index (κ2) is 6.39. The van der Waals surface area contributed by atoms with Crippen LogP contribution in [-0.2, 0) is 14.3 Å². The molecule has 2 aliphatic rings. The Balaban J connectivity index is 1.82. The SMILES string of the molecule is CCOC(=O)c1cc(C)sc1NC(=O)[C@H]1[C@@H](C(=O)O)[C@H]2C=C[C@H]1C2. The molecule has 1 saturated carbocycles. The van der Waals surface area contributed by atoms with E-state index in [0.29, 0.717) is 17.0 Å². The Morgan fingerprint density at radius 1 is 1.29 bits per heavy atom. The predicted molar refractivity (Wildman–Crippen MR) is 89.0 cm³/mol. The molecule has 1 heterocycles. The standard InChI is InChI=1S/C17H19NO5S/c1-3-23-17(22)11-6-8(2)24-15(11)18-14(19)12-9-4-5-10(7-9)13(12)16(20)21/h4-6,9-10,12-13H,3,7H2,1-2H3,(H,18,19)(H,20,21)/t9-,10-,12+,13-/m0/s1. The number of nitrogens with one attached hydrogen (secondary N) is 1. The lowest BCUT2D eigenvalue weighted by Crippen LogP contribution is -2.36. The van der Waals surface area contributed by atoms with E-state index in [-0.39, 0.29) is 24.3 Å². The third-order valence-electron chi connectivity index (χ3n) is 4.63. The van der Waals surface area contributed by atoms with Crippen molar-refractivity contribution in [2.75, 3.05) is 11.9 Å². The summed E-state index contributed by atoms with van der Waals surface area (Å²) in [5, 5.41) is 12.6. The van der Waals surface area contributed by atoms with Crippen LogP contribution in [0.5, 0.6) is 0 Å². The largest absolute Gasteiger partial charge is 0.481 e. The lowest BCUT2D eigenvalue weighted by Gasteiger charge is -2.23. The van der Waals surface area contributed by atoms with Gasteiger partial charge < -0.3 is 15.2 Å². The maximum Gasteiger partial charge on any atom is 0.341 e. The van der Waals surface area contributed by atoms with E-state index in [0.717, 1.165) is 4.88 Å². The highest BCUT2D eigenvalue weighted by molar-refractivity contribution is 7.16. The Morgan fingerprint density at radius 2 is 1.96 bits per heavy atom. The lowest BCUT2D eigenvalue weighted by molar-refractivity contribution is -0.146. The molecule has 0 aromatic carbocycles. The Kier molecular flexibility index (Phi) is 4.45. The molecule has 4 atom stereocenters. The van der Waals surface area contributed by atoms with Crippen LogP contribution in [0.1, 0.15) is 28.6 Å². The minimum Gasteiger partial charge on any atom is -0.481 e. The molecular weight excluding hydrogens is 330 g/mol. The molecule has 2 aliphatic carbocycles. The van der Waals surface area contributed by atoms with Crippen LogP contribution in [0.25, 0.3) is 0 Å². The highest BCUT2D eigenvalue weighted by Gasteiger charge is 2.51. The number of aryl methyl sites for hydroxylation is 1. The number of hydrogen-bond acceptors (Lipinski definition) is 5. The van der Waals surface area contributed by atoms with Crippen molar-refractivity contribution in [3.8, 4) is 0 Å². The molecule has 2 bridgehead atoms. The average Bonchev–Trinajstić information content (AvgIpc) is 3.20. The normalized spacial score (nSPS) is 27.2. The number of thiophene rings is 1. The molecule has 1 fully saturated rings. The van der Waals surface area contributed by atoms with Crippen molar-refractivity contribution in [2.45, 2.75) is 20.3 Å². The third kappa shape index (κ3) is 2.84. The first-order chi connectivity index (χ1) is 11.4. The van der Waals surface area contributed by atoms with Crippen molar-refractivity contribution >= 4 is 34.2 Å². The summed E-state index contributed by atoms with van der Waals surface area (Å²) in [7, 11) is 0. The molecule has 2 N–H and O–H groups in total. The van der Waals surface area contributed by atoms with Gasteiger partial charge in [0.25, 0.3) is 0 Å². The van der Waals surface area contributed by atoms with Crippen molar-refractivity contribution in [1.82, 2.24) is 0 Å². The molecule has 7 heteroatoms. The number of carboxylic acids is 1. The zero-order chi connectivity index (χ0) is 17.4. The van der Waals surface area contributed by atoms with Gasteiger partial charge in [-0.25, -0.2) is 4.79 Å². The number of aliphatic carboxylic acids is 1. The number of anilines is 1. The number of carbonyl (C=O) groups excluding carboxylic acids is 2. The zero-order valence-electron chi connectivity index (χ0n) is 13.4. The monoisotopic (exact) mass is 349 g/mol. The Hall–Kier alpha value is -2.15. The maximum absolute atomic E-state index is 12.7. The van der Waals surface area contributed by atoms with Crippen molar-refractivity contribution in [3.05, 3.63) is 28.7 Å². The van der Waals surface area contributed by atoms with Crippen molar-refractivity contribution in [1.29, 1.82) is 0 Å². The molecule has 3 rings (SSSR count). The summed E-state index contributed by atoms with van der Waals surface area (Å²) in [6, 6.07) is 1.67. The zero-order valence-corrected chi connectivity index (χ0v) is 14.3. The van der Waals surface area contributed by atoms with Gasteiger partial charge in [0, 0.05) is 4.88 Å². The molecule has 0 aliphatic heterocycles. The van der Waals surface area contributed by atoms with E-state index < -0.39 is 23.8 Å². The molecule has 0 unspecified atom stereocenters. The van der Waals surface area contributed by atoms with E-state index in [4.69, 9.17) is 4.74 Å². The van der Waals surface area contributed by atoms with E-state index in [1.807, 2.05) is 19.1 Å². The summed E-state index contributed by atoms with van der Waals surface area (Å²) in [5.41, 5.74) is 0.318. The summed E-state index contributed by atoms with van der Waals surface area (Å²) in [4.78, 5) is 37.1. The fourth-order valence-electron chi connectivity index (χ4n) is 3.68. The summed E-state index contributed by atoms with van der Waals surface area (Å²) in [6.45, 7) is 3.80. The van der Waals surface area contributed by atoms with Gasteiger partial charge in [-0.05, 0) is 38.2 Å². The lowest BCUT2D eigenvalue weighted by atomic mass is 9.82. The summed E-state index contributed by atoms with van der Waals surface area (Å²) >= 11 is 1.29. The van der Waals surface area contributed by atoms with Crippen LogP contribution >= 0.6 is 11.3 Å². The topological polar surface area (TPSA) is 92.7 Å². The molecule has 0 saturated heterocycles. The van der Waals surface area contributed by atoms with Gasteiger partial charge in [-0.1, -0.05) is 12.2 Å². The second-order valence-corrected chi connectivity index (χ2v) is 7.40. The van der Waals surface area contributed by atoms with Crippen molar-refractivity contribution in [3.63, 3.8) is 0 Å². The number of hydrogen-bond donors (Lipinski definition) is 2. The summed E-state index contributed by atoms with van der Waals surface area (Å²) in [6.07, 6.45) is 4.52. The van der Waals surface area contributed by atoms with E-state index in [2.05, 4.69) is 5.32 Å². The Labute approximate surface area is 143 Å². The Bertz CT molecular complexity index is 723. The van der Waals surface area contributed by atoms with Crippen LogP contribution in [0.4, 0.5) is 5.00 Å². The molecule has 128 valence electrons. The van der Waals surface area contributed by atoms with Gasteiger partial charge in [-0.3, -0.25) is 9.59 Å². The fourth-order valence-corrected chi connectivity index (χ4v) is 4.58. The van der Waals surface area contributed by atoms with Gasteiger partial charge in [0.1, 0.15) is 5.00 Å². The Morgan fingerprint density at radius 3 is 2.58 bits per heavy atom. The summed E-state index contributed by atoms with van der Waals surface area (Å²) in [5.74, 6) is -3.21. The first-order valence-corrected chi connectivity index (χ1v) is 8.73. The van der Waals surface area contributed by atoms with E-state index in [1.54, 1.807) is 13.0 Å². The molecular formula is C17H19NO5S. The average molecular weight is 349 g/mol. The predicted octanol–water partition coefficient (Wildman–Crippen LogP) is 2.69. The smallest absolute Gasteiger partial charge is 0.341 e. The molecule has 0 radical (unpaired) electrons. The first-order valence-electron chi connectivity index (χ1n) is 7.92. The quantitative estimate of drug-likeness (QED) is 0.630. The van der Waals surface area contributed by atoms with Crippen LogP contribution in [0.2, 0.25) is 0 Å². The second-order valence-electron chi connectivity index (χ2n) is 6.15. The first kappa shape index (κ1) is 16.7. The van der Waals surface area contributed by atoms with Gasteiger partial charge in [0.05, 0.1) is 24.0 Å². The minimum atomic E-state index is -0.944. The van der Waals surface area contributed by atoms with E-state index in [1.165, 1.54) is 11.3 Å². The number of carbonyl (C=O) groups is 3. The van der Waals surface area contributed by atoms with Gasteiger partial charge in [-0.2, -0.15) is 0 Å². The van der Waals surface area contributed by atoms with Crippen LogP contribution in [-0.4, -0.2) is 29.6 Å². The molecule has 24 heavy (non-hydrogen) atoms. The molecule has 6 nitrogen and oxygen atoms in total. The number of carboxylic acid groups (broad SMARTS) is 1. The molecule has 1 amide bonds. The number of ether oxygens (including phenoxy) is 1. The van der Waals surface area contributed by atoms with Crippen LogP contribution < -0.4 is 5.32 Å². The molecule has 1 aromatic heterocycles. The van der Waals surface area contributed by atoms with E-state index in [9.17, 15) is 19.5 Å². The third-order valence-corrected chi connectivity index (χ3v) is 5.60. The molecule has 1 aromatic rings. The fraction of sp³-hybridized carbons (Fsp3) is 0.471. The van der Waals surface area contributed by atoms with Gasteiger partial charge in [0.2, 0.25) is 5.91 Å². The van der Waals surface area contributed by atoms with Gasteiger partial charge in [0.15, 0.2) is 0 Å².